The van der Waals surface area contributed by atoms with E-state index in [0.29, 0.717) is 5.82 Å². The maximum absolute atomic E-state index is 5.19. The zero-order valence-electron chi connectivity index (χ0n) is 29.1. The van der Waals surface area contributed by atoms with Gasteiger partial charge in [0.25, 0.3) is 0 Å². The first-order valence-electron chi connectivity index (χ1n) is 18.2. The number of pyridine rings is 1. The highest BCUT2D eigenvalue weighted by Gasteiger charge is 2.21. The predicted molar refractivity (Wildman–Crippen MR) is 222 cm³/mol. The summed E-state index contributed by atoms with van der Waals surface area (Å²) in [5.41, 5.74) is 13.4. The normalized spacial score (nSPS) is 11.7. The van der Waals surface area contributed by atoms with Gasteiger partial charge in [0.05, 0.1) is 27.9 Å². The number of aromatic nitrogens is 5. The fraction of sp³-hybridized carbons (Fsp3) is 0. The third kappa shape index (κ3) is 4.76. The number of para-hydroxylation sites is 3. The topological polar surface area (TPSA) is 48.0 Å². The second-order valence-corrected chi connectivity index (χ2v) is 13.7. The van der Waals surface area contributed by atoms with Crippen molar-refractivity contribution < 1.29 is 0 Å². The van der Waals surface area contributed by atoms with E-state index < -0.39 is 0 Å². The molecule has 5 nitrogen and oxygen atoms in total. The van der Waals surface area contributed by atoms with E-state index >= 15 is 0 Å². The molecule has 0 fully saturated rings. The standard InChI is InChI=1S/C49H31N5/c1-3-15-32(16-4-1)42-31-43(51-47(50-42)33-17-5-2-6-18-33)36-21-13-19-34(29-36)35-20-14-22-37(30-35)53-44-27-11-9-25-40(44)46-38-23-7-8-24-39(38)48-52-41-26-10-12-28-45(41)54(48)49(46)53/h1-31H. The number of hydrogen-bond acceptors (Lipinski definition) is 3. The van der Waals surface area contributed by atoms with E-state index in [1.807, 2.05) is 36.4 Å². The van der Waals surface area contributed by atoms with Gasteiger partial charge in [0.15, 0.2) is 5.82 Å². The minimum Gasteiger partial charge on any atom is -0.295 e. The van der Waals surface area contributed by atoms with Gasteiger partial charge in [-0.2, -0.15) is 0 Å². The Morgan fingerprint density at radius 1 is 0.370 bits per heavy atom. The van der Waals surface area contributed by atoms with Crippen LogP contribution in [0.2, 0.25) is 0 Å². The molecular formula is C49H31N5. The second-order valence-electron chi connectivity index (χ2n) is 13.7. The Kier molecular flexibility index (Phi) is 6.79. The molecule has 4 heterocycles. The molecular weight excluding hydrogens is 659 g/mol. The first kappa shape index (κ1) is 30.3. The van der Waals surface area contributed by atoms with Gasteiger partial charge in [-0.15, -0.1) is 0 Å². The molecule has 0 aliphatic rings. The van der Waals surface area contributed by atoms with Gasteiger partial charge >= 0.3 is 0 Å². The van der Waals surface area contributed by atoms with Crippen molar-refractivity contribution in [2.75, 3.05) is 0 Å². The van der Waals surface area contributed by atoms with Gasteiger partial charge in [0.1, 0.15) is 11.3 Å². The molecule has 0 amide bonds. The summed E-state index contributed by atoms with van der Waals surface area (Å²) in [6.07, 6.45) is 0. The molecule has 0 saturated carbocycles. The molecule has 0 atom stereocenters. The van der Waals surface area contributed by atoms with E-state index in [1.54, 1.807) is 0 Å². The fourth-order valence-electron chi connectivity index (χ4n) is 8.03. The molecule has 0 N–H and O–H groups in total. The molecule has 4 aromatic heterocycles. The lowest BCUT2D eigenvalue weighted by atomic mass is 10.00. The fourth-order valence-corrected chi connectivity index (χ4v) is 8.03. The SMILES string of the molecule is c1ccc(-c2cc(-c3cccc(-c4cccc(-n5c6ccccc6c6c7ccccc7c7nc8ccccc8n7c65)c4)c3)nc(-c3ccccc3)n2)cc1. The minimum atomic E-state index is 0.705. The Morgan fingerprint density at radius 2 is 0.944 bits per heavy atom. The number of nitrogens with zero attached hydrogens (tertiary/aromatic N) is 5. The lowest BCUT2D eigenvalue weighted by Gasteiger charge is -2.13. The van der Waals surface area contributed by atoms with Crippen LogP contribution in [0.3, 0.4) is 0 Å². The summed E-state index contributed by atoms with van der Waals surface area (Å²) in [7, 11) is 0. The summed E-state index contributed by atoms with van der Waals surface area (Å²) in [5.74, 6) is 0.705. The third-order valence-corrected chi connectivity index (χ3v) is 10.5. The van der Waals surface area contributed by atoms with E-state index in [2.05, 4.69) is 161 Å². The van der Waals surface area contributed by atoms with E-state index in [4.69, 9.17) is 15.0 Å². The van der Waals surface area contributed by atoms with Crippen molar-refractivity contribution >= 4 is 49.4 Å². The highest BCUT2D eigenvalue weighted by Crippen LogP contribution is 2.40. The predicted octanol–water partition coefficient (Wildman–Crippen LogP) is 12.2. The van der Waals surface area contributed by atoms with Crippen LogP contribution in [0.15, 0.2) is 188 Å². The lowest BCUT2D eigenvalue weighted by Crippen LogP contribution is -2.00. The average Bonchev–Trinajstić information content (AvgIpc) is 3.81. The van der Waals surface area contributed by atoms with Crippen LogP contribution in [-0.2, 0) is 0 Å². The molecule has 0 aliphatic heterocycles. The number of fused-ring (bicyclic) bond motifs is 10. The molecule has 0 saturated heterocycles. The molecule has 54 heavy (non-hydrogen) atoms. The first-order chi connectivity index (χ1) is 26.8. The first-order valence-corrected chi connectivity index (χ1v) is 18.2. The van der Waals surface area contributed by atoms with Gasteiger partial charge in [-0.1, -0.05) is 146 Å². The Morgan fingerprint density at radius 3 is 1.74 bits per heavy atom. The number of rotatable bonds is 5. The molecule has 7 aromatic carbocycles. The van der Waals surface area contributed by atoms with Crippen molar-refractivity contribution in [1.82, 2.24) is 23.9 Å². The van der Waals surface area contributed by atoms with Crippen molar-refractivity contribution in [3.05, 3.63) is 188 Å². The van der Waals surface area contributed by atoms with Crippen LogP contribution in [0.25, 0.3) is 100 Å². The van der Waals surface area contributed by atoms with Crippen molar-refractivity contribution in [2.24, 2.45) is 0 Å². The summed E-state index contributed by atoms with van der Waals surface area (Å²) < 4.78 is 4.76. The highest BCUT2D eigenvalue weighted by atomic mass is 15.1. The average molecular weight is 690 g/mol. The number of benzene rings is 7. The lowest BCUT2D eigenvalue weighted by molar-refractivity contribution is 1.12. The van der Waals surface area contributed by atoms with Crippen LogP contribution in [0.1, 0.15) is 0 Å². The van der Waals surface area contributed by atoms with Crippen LogP contribution in [0.5, 0.6) is 0 Å². The summed E-state index contributed by atoms with van der Waals surface area (Å²) >= 11 is 0. The maximum atomic E-state index is 5.19. The van der Waals surface area contributed by atoms with E-state index in [0.717, 1.165) is 78.1 Å². The van der Waals surface area contributed by atoms with Crippen molar-refractivity contribution in [1.29, 1.82) is 0 Å². The Labute approximate surface area is 311 Å². The summed E-state index contributed by atoms with van der Waals surface area (Å²) in [4.78, 5) is 15.3. The van der Waals surface area contributed by atoms with Gasteiger partial charge in [-0.3, -0.25) is 8.97 Å². The molecule has 0 unspecified atom stereocenters. The third-order valence-electron chi connectivity index (χ3n) is 10.5. The van der Waals surface area contributed by atoms with Crippen LogP contribution in [-0.4, -0.2) is 23.9 Å². The van der Waals surface area contributed by atoms with Crippen LogP contribution in [0, 0.1) is 0 Å². The van der Waals surface area contributed by atoms with E-state index in [9.17, 15) is 0 Å². The quantitative estimate of drug-likeness (QED) is 0.181. The molecule has 0 bridgehead atoms. The number of hydrogen-bond donors (Lipinski definition) is 0. The van der Waals surface area contributed by atoms with Crippen LogP contribution < -0.4 is 0 Å². The molecule has 0 spiro atoms. The van der Waals surface area contributed by atoms with Gasteiger partial charge in [0, 0.05) is 38.5 Å². The maximum Gasteiger partial charge on any atom is 0.160 e. The molecule has 5 heteroatoms. The summed E-state index contributed by atoms with van der Waals surface area (Å²) in [6.45, 7) is 0. The summed E-state index contributed by atoms with van der Waals surface area (Å²) in [6, 6.07) is 66.0. The van der Waals surface area contributed by atoms with Gasteiger partial charge in [-0.05, 0) is 59.0 Å². The van der Waals surface area contributed by atoms with Gasteiger partial charge in [-0.25, -0.2) is 15.0 Å². The molecule has 0 aliphatic carbocycles. The minimum absolute atomic E-state index is 0.705. The van der Waals surface area contributed by atoms with Gasteiger partial charge < -0.3 is 0 Å². The van der Waals surface area contributed by atoms with Crippen molar-refractivity contribution in [2.45, 2.75) is 0 Å². The molecule has 11 aromatic rings. The Balaban J connectivity index is 1.12. The highest BCUT2D eigenvalue weighted by molar-refractivity contribution is 6.24. The zero-order chi connectivity index (χ0) is 35.6. The van der Waals surface area contributed by atoms with E-state index in [-0.39, 0.29) is 0 Å². The van der Waals surface area contributed by atoms with E-state index in [1.165, 1.54) is 16.2 Å². The second kappa shape index (κ2) is 12.1. The Bertz CT molecular complexity index is 3160. The van der Waals surface area contributed by atoms with Crippen molar-refractivity contribution in [3.8, 4) is 50.7 Å². The Hall–Kier alpha value is -7.37. The van der Waals surface area contributed by atoms with Crippen LogP contribution in [0.4, 0.5) is 0 Å². The smallest absolute Gasteiger partial charge is 0.160 e. The van der Waals surface area contributed by atoms with Crippen molar-refractivity contribution in [3.63, 3.8) is 0 Å². The number of imidazole rings is 1. The molecule has 252 valence electrons. The largest absolute Gasteiger partial charge is 0.295 e. The van der Waals surface area contributed by atoms with Crippen LogP contribution >= 0.6 is 0 Å². The summed E-state index contributed by atoms with van der Waals surface area (Å²) in [5, 5.41) is 4.77. The molecule has 0 radical (unpaired) electrons. The zero-order valence-corrected chi connectivity index (χ0v) is 29.1. The monoisotopic (exact) mass is 689 g/mol. The van der Waals surface area contributed by atoms with Gasteiger partial charge in [0.2, 0.25) is 0 Å². The molecule has 11 rings (SSSR count).